The van der Waals surface area contributed by atoms with Crippen LogP contribution in [0.2, 0.25) is 0 Å². The van der Waals surface area contributed by atoms with E-state index in [1.165, 1.54) is 22.8 Å². The molecule has 6 heteroatoms. The van der Waals surface area contributed by atoms with Crippen LogP contribution in [0.15, 0.2) is 30.3 Å². The third-order valence-electron chi connectivity index (χ3n) is 5.21. The Balaban J connectivity index is 1.83. The number of ether oxygens (including phenoxy) is 1. The van der Waals surface area contributed by atoms with Crippen LogP contribution >= 0.6 is 22.6 Å². The van der Waals surface area contributed by atoms with Crippen molar-refractivity contribution in [2.24, 2.45) is 5.41 Å². The maximum absolute atomic E-state index is 10.8. The van der Waals surface area contributed by atoms with Gasteiger partial charge in [-0.2, -0.15) is 5.10 Å². The Morgan fingerprint density at radius 1 is 1.27 bits per heavy atom. The molecule has 26 heavy (non-hydrogen) atoms. The molecule has 1 saturated carbocycles. The zero-order chi connectivity index (χ0) is 18.6. The lowest BCUT2D eigenvalue weighted by Crippen LogP contribution is -2.35. The summed E-state index contributed by atoms with van der Waals surface area (Å²) in [6.07, 6.45) is 5.69. The van der Waals surface area contributed by atoms with E-state index >= 15 is 0 Å². The molecular formula is C20H25IN2O3. The molecule has 0 unspecified atom stereocenters. The predicted octanol–water partition coefficient (Wildman–Crippen LogP) is 4.51. The fourth-order valence-corrected chi connectivity index (χ4v) is 4.48. The van der Waals surface area contributed by atoms with E-state index < -0.39 is 5.97 Å². The van der Waals surface area contributed by atoms with Crippen LogP contribution in [0.25, 0.3) is 11.3 Å². The molecule has 1 heterocycles. The molecule has 1 aromatic carbocycles. The number of hydrogen-bond acceptors (Lipinski definition) is 3. The van der Waals surface area contributed by atoms with Gasteiger partial charge in [0.15, 0.2) is 0 Å². The van der Waals surface area contributed by atoms with E-state index in [0.29, 0.717) is 6.61 Å². The SMILES string of the molecule is Cc1c(I)c(-c2ccccc2)nn1CC1(COCC(=O)O)CCCCC1. The van der Waals surface area contributed by atoms with Crippen LogP contribution in [0, 0.1) is 15.9 Å². The molecule has 0 saturated heterocycles. The molecule has 0 amide bonds. The second-order valence-electron chi connectivity index (χ2n) is 7.22. The highest BCUT2D eigenvalue weighted by molar-refractivity contribution is 14.1. The molecule has 0 bridgehead atoms. The Morgan fingerprint density at radius 2 is 1.96 bits per heavy atom. The van der Waals surface area contributed by atoms with Gasteiger partial charge in [-0.15, -0.1) is 0 Å². The monoisotopic (exact) mass is 468 g/mol. The van der Waals surface area contributed by atoms with Gasteiger partial charge < -0.3 is 9.84 Å². The summed E-state index contributed by atoms with van der Waals surface area (Å²) in [5.74, 6) is -0.910. The van der Waals surface area contributed by atoms with E-state index in [1.807, 2.05) is 18.2 Å². The number of carboxylic acid groups (broad SMARTS) is 1. The quantitative estimate of drug-likeness (QED) is 0.608. The fraction of sp³-hybridized carbons (Fsp3) is 0.500. The van der Waals surface area contributed by atoms with Crippen LogP contribution in [-0.2, 0) is 16.1 Å². The van der Waals surface area contributed by atoms with Crippen molar-refractivity contribution < 1.29 is 14.6 Å². The van der Waals surface area contributed by atoms with Gasteiger partial charge in [0.05, 0.1) is 10.2 Å². The van der Waals surface area contributed by atoms with Crippen molar-refractivity contribution in [1.29, 1.82) is 0 Å². The van der Waals surface area contributed by atoms with Crippen LogP contribution in [0.1, 0.15) is 37.8 Å². The molecule has 3 rings (SSSR count). The van der Waals surface area contributed by atoms with Crippen molar-refractivity contribution in [2.45, 2.75) is 45.6 Å². The topological polar surface area (TPSA) is 64.4 Å². The van der Waals surface area contributed by atoms with E-state index in [0.717, 1.165) is 36.3 Å². The average molecular weight is 468 g/mol. The lowest BCUT2D eigenvalue weighted by Gasteiger charge is -2.37. The van der Waals surface area contributed by atoms with Gasteiger partial charge in [0.25, 0.3) is 0 Å². The van der Waals surface area contributed by atoms with Gasteiger partial charge in [0.1, 0.15) is 12.3 Å². The first-order chi connectivity index (χ1) is 12.5. The van der Waals surface area contributed by atoms with E-state index in [1.54, 1.807) is 0 Å². The highest BCUT2D eigenvalue weighted by atomic mass is 127. The number of carboxylic acids is 1. The van der Waals surface area contributed by atoms with Gasteiger partial charge >= 0.3 is 5.97 Å². The zero-order valence-corrected chi connectivity index (χ0v) is 17.2. The van der Waals surface area contributed by atoms with E-state index in [9.17, 15) is 4.79 Å². The minimum atomic E-state index is -0.910. The molecule has 1 aliphatic carbocycles. The molecule has 140 valence electrons. The molecule has 1 N–H and O–H groups in total. The summed E-state index contributed by atoms with van der Waals surface area (Å²) < 4.78 is 8.80. The summed E-state index contributed by atoms with van der Waals surface area (Å²) in [6, 6.07) is 10.2. The molecule has 0 atom stereocenters. The van der Waals surface area contributed by atoms with Crippen LogP contribution < -0.4 is 0 Å². The third kappa shape index (κ3) is 4.46. The second kappa shape index (κ2) is 8.52. The summed E-state index contributed by atoms with van der Waals surface area (Å²) in [6.45, 7) is 3.14. The third-order valence-corrected chi connectivity index (χ3v) is 6.51. The Kier molecular flexibility index (Phi) is 6.34. The molecular weight excluding hydrogens is 443 g/mol. The lowest BCUT2D eigenvalue weighted by molar-refractivity contribution is -0.144. The summed E-state index contributed by atoms with van der Waals surface area (Å²) >= 11 is 2.37. The van der Waals surface area contributed by atoms with E-state index in [4.69, 9.17) is 14.9 Å². The molecule has 0 radical (unpaired) electrons. The Hall–Kier alpha value is -1.41. The highest BCUT2D eigenvalue weighted by Gasteiger charge is 2.34. The Labute approximate surface area is 167 Å². The van der Waals surface area contributed by atoms with Gasteiger partial charge in [-0.3, -0.25) is 4.68 Å². The predicted molar refractivity (Wildman–Crippen MR) is 109 cm³/mol. The summed E-state index contributed by atoms with van der Waals surface area (Å²) in [5.41, 5.74) is 3.27. The Morgan fingerprint density at radius 3 is 2.62 bits per heavy atom. The number of carbonyl (C=O) groups is 1. The molecule has 1 aliphatic rings. The molecule has 0 aliphatic heterocycles. The zero-order valence-electron chi connectivity index (χ0n) is 15.1. The minimum absolute atomic E-state index is 0.0263. The van der Waals surface area contributed by atoms with Gasteiger partial charge in [0, 0.05) is 23.2 Å². The first-order valence-electron chi connectivity index (χ1n) is 9.09. The van der Waals surface area contributed by atoms with Gasteiger partial charge in [0.2, 0.25) is 0 Å². The van der Waals surface area contributed by atoms with Crippen molar-refractivity contribution in [2.75, 3.05) is 13.2 Å². The van der Waals surface area contributed by atoms with Crippen molar-refractivity contribution in [3.63, 3.8) is 0 Å². The van der Waals surface area contributed by atoms with Crippen LogP contribution in [0.4, 0.5) is 0 Å². The van der Waals surface area contributed by atoms with Crippen molar-refractivity contribution >= 4 is 28.6 Å². The number of hydrogen-bond donors (Lipinski definition) is 1. The molecule has 1 aromatic heterocycles. The lowest BCUT2D eigenvalue weighted by atomic mass is 9.74. The summed E-state index contributed by atoms with van der Waals surface area (Å²) in [4.78, 5) is 10.8. The first-order valence-corrected chi connectivity index (χ1v) is 10.2. The van der Waals surface area contributed by atoms with Crippen molar-refractivity contribution in [3.05, 3.63) is 39.6 Å². The first kappa shape index (κ1) is 19.4. The second-order valence-corrected chi connectivity index (χ2v) is 8.30. The number of aliphatic carboxylic acids is 1. The number of halogens is 1. The van der Waals surface area contributed by atoms with Crippen LogP contribution in [-0.4, -0.2) is 34.1 Å². The minimum Gasteiger partial charge on any atom is -0.480 e. The van der Waals surface area contributed by atoms with Crippen LogP contribution in [0.5, 0.6) is 0 Å². The number of aromatic nitrogens is 2. The smallest absolute Gasteiger partial charge is 0.329 e. The van der Waals surface area contributed by atoms with Crippen LogP contribution in [0.3, 0.4) is 0 Å². The Bertz CT molecular complexity index is 752. The maximum Gasteiger partial charge on any atom is 0.329 e. The molecule has 2 aromatic rings. The summed E-state index contributed by atoms with van der Waals surface area (Å²) in [7, 11) is 0. The number of benzene rings is 1. The molecule has 5 nitrogen and oxygen atoms in total. The molecule has 1 fully saturated rings. The number of rotatable bonds is 7. The highest BCUT2D eigenvalue weighted by Crippen LogP contribution is 2.39. The van der Waals surface area contributed by atoms with E-state index in [2.05, 4.69) is 46.3 Å². The molecule has 0 spiro atoms. The largest absolute Gasteiger partial charge is 0.480 e. The van der Waals surface area contributed by atoms with Gasteiger partial charge in [-0.05, 0) is 42.4 Å². The van der Waals surface area contributed by atoms with Crippen molar-refractivity contribution in [3.8, 4) is 11.3 Å². The van der Waals surface area contributed by atoms with Crippen molar-refractivity contribution in [1.82, 2.24) is 9.78 Å². The fourth-order valence-electron chi connectivity index (χ4n) is 3.78. The number of nitrogens with zero attached hydrogens (tertiary/aromatic N) is 2. The summed E-state index contributed by atoms with van der Waals surface area (Å²) in [5, 5.41) is 13.8. The maximum atomic E-state index is 10.8. The van der Waals surface area contributed by atoms with Gasteiger partial charge in [-0.1, -0.05) is 49.6 Å². The normalized spacial score (nSPS) is 16.5. The average Bonchev–Trinajstić information content (AvgIpc) is 2.91. The van der Waals surface area contributed by atoms with Gasteiger partial charge in [-0.25, -0.2) is 4.79 Å². The van der Waals surface area contributed by atoms with E-state index in [-0.39, 0.29) is 12.0 Å². The standard InChI is InChI=1S/C20H25IN2O3/c1-15-18(21)19(16-8-4-2-5-9-16)22-23(15)13-20(10-6-3-7-11-20)14-26-12-17(24)25/h2,4-5,8-9H,3,6-7,10-14H2,1H3,(H,24,25).